The number of amides is 1. The number of esters is 1. The zero-order chi connectivity index (χ0) is 12.3. The lowest BCUT2D eigenvalue weighted by Gasteiger charge is -2.10. The minimum atomic E-state index is -0.422. The quantitative estimate of drug-likeness (QED) is 0.796. The highest BCUT2D eigenvalue weighted by Crippen LogP contribution is 2.23. The molecule has 1 aliphatic rings. The number of rotatable bonds is 3. The first-order valence-corrected chi connectivity index (χ1v) is 6.30. The maximum atomic E-state index is 11.9. The summed E-state index contributed by atoms with van der Waals surface area (Å²) in [5.41, 5.74) is 0.528. The first-order valence-electron chi connectivity index (χ1n) is 5.42. The van der Waals surface area contributed by atoms with Gasteiger partial charge in [0.1, 0.15) is 4.88 Å². The van der Waals surface area contributed by atoms with Gasteiger partial charge < -0.3 is 15.4 Å². The first-order chi connectivity index (χ1) is 8.22. The lowest BCUT2D eigenvalue weighted by Crippen LogP contribution is -2.35. The Bertz CT molecular complexity index is 424. The summed E-state index contributed by atoms with van der Waals surface area (Å²) in [5, 5.41) is 7.62. The summed E-state index contributed by atoms with van der Waals surface area (Å²) in [4.78, 5) is 23.7. The molecule has 5 nitrogen and oxygen atoms in total. The number of carbonyl (C=O) groups excluding carboxylic acids is 2. The molecular formula is C11H14N2O3S. The minimum absolute atomic E-state index is 0.0916. The van der Waals surface area contributed by atoms with Gasteiger partial charge in [-0.15, -0.1) is 11.3 Å². The summed E-state index contributed by atoms with van der Waals surface area (Å²) in [6, 6.07) is 1.56. The Hall–Kier alpha value is -1.40. The number of ether oxygens (including phenoxy) is 1. The Morgan fingerprint density at radius 3 is 3.06 bits per heavy atom. The Labute approximate surface area is 103 Å². The largest absolute Gasteiger partial charge is 0.465 e. The van der Waals surface area contributed by atoms with E-state index >= 15 is 0 Å². The molecule has 0 aromatic carbocycles. The Balaban J connectivity index is 2.05. The predicted molar refractivity (Wildman–Crippen MR) is 65.3 cm³/mol. The standard InChI is InChI=1S/C11H14N2O3S/c1-16-11(15)9-7(4-6-17-9)13-10(14)8-3-2-5-12-8/h4,6,8,12H,2-3,5H2,1H3,(H,13,14)/t8-/m0/s1. The number of nitrogens with one attached hydrogen (secondary N) is 2. The van der Waals surface area contributed by atoms with E-state index in [2.05, 4.69) is 15.4 Å². The third kappa shape index (κ3) is 2.65. The molecule has 92 valence electrons. The Morgan fingerprint density at radius 2 is 2.41 bits per heavy atom. The van der Waals surface area contributed by atoms with Crippen LogP contribution >= 0.6 is 11.3 Å². The van der Waals surface area contributed by atoms with Crippen molar-refractivity contribution in [2.24, 2.45) is 0 Å². The van der Waals surface area contributed by atoms with E-state index in [-0.39, 0.29) is 11.9 Å². The van der Waals surface area contributed by atoms with Crippen molar-refractivity contribution in [3.8, 4) is 0 Å². The summed E-state index contributed by atoms with van der Waals surface area (Å²) < 4.78 is 4.65. The molecule has 1 aromatic rings. The first kappa shape index (κ1) is 12.1. The third-order valence-corrected chi connectivity index (χ3v) is 3.57. The van der Waals surface area contributed by atoms with Crippen LogP contribution in [0.2, 0.25) is 0 Å². The van der Waals surface area contributed by atoms with Crippen LogP contribution in [0.4, 0.5) is 5.69 Å². The Morgan fingerprint density at radius 1 is 1.59 bits per heavy atom. The second kappa shape index (κ2) is 5.29. The molecule has 6 heteroatoms. The van der Waals surface area contributed by atoms with Crippen molar-refractivity contribution in [3.63, 3.8) is 0 Å². The molecule has 0 spiro atoms. The number of methoxy groups -OCH3 is 1. The fraction of sp³-hybridized carbons (Fsp3) is 0.455. The number of hydrogen-bond acceptors (Lipinski definition) is 5. The highest BCUT2D eigenvalue weighted by atomic mass is 32.1. The van der Waals surface area contributed by atoms with E-state index < -0.39 is 5.97 Å². The van der Waals surface area contributed by atoms with E-state index in [0.717, 1.165) is 19.4 Å². The monoisotopic (exact) mass is 254 g/mol. The molecule has 0 unspecified atom stereocenters. The molecule has 17 heavy (non-hydrogen) atoms. The van der Waals surface area contributed by atoms with Crippen LogP contribution in [-0.2, 0) is 9.53 Å². The van der Waals surface area contributed by atoms with Gasteiger partial charge in [0.2, 0.25) is 5.91 Å². The fourth-order valence-corrected chi connectivity index (χ4v) is 2.55. The molecule has 2 heterocycles. The van der Waals surface area contributed by atoms with Crippen molar-refractivity contribution >= 4 is 28.9 Å². The van der Waals surface area contributed by atoms with Gasteiger partial charge in [-0.05, 0) is 30.8 Å². The maximum absolute atomic E-state index is 11.9. The van der Waals surface area contributed by atoms with E-state index in [0.29, 0.717) is 10.6 Å². The van der Waals surface area contributed by atoms with Gasteiger partial charge in [-0.2, -0.15) is 0 Å². The van der Waals surface area contributed by atoms with Crippen molar-refractivity contribution in [2.75, 3.05) is 19.0 Å². The highest BCUT2D eigenvalue weighted by Gasteiger charge is 2.24. The summed E-state index contributed by atoms with van der Waals surface area (Å²) in [7, 11) is 1.33. The third-order valence-electron chi connectivity index (χ3n) is 2.67. The van der Waals surface area contributed by atoms with Crippen molar-refractivity contribution in [1.82, 2.24) is 5.32 Å². The summed E-state index contributed by atoms with van der Waals surface area (Å²) in [6.07, 6.45) is 1.84. The van der Waals surface area contributed by atoms with Gasteiger partial charge in [0, 0.05) is 0 Å². The average molecular weight is 254 g/mol. The number of hydrogen-bond donors (Lipinski definition) is 2. The molecule has 1 fully saturated rings. The van der Waals surface area contributed by atoms with Gasteiger partial charge in [-0.25, -0.2) is 4.79 Å². The molecule has 1 atom stereocenters. The molecule has 1 aliphatic heterocycles. The van der Waals surface area contributed by atoms with E-state index in [1.54, 1.807) is 11.4 Å². The number of carbonyl (C=O) groups is 2. The maximum Gasteiger partial charge on any atom is 0.350 e. The summed E-state index contributed by atoms with van der Waals surface area (Å²) in [6.45, 7) is 0.867. The van der Waals surface area contributed by atoms with Crippen LogP contribution in [0, 0.1) is 0 Å². The molecule has 1 aromatic heterocycles. The molecule has 2 N–H and O–H groups in total. The number of thiophene rings is 1. The molecular weight excluding hydrogens is 240 g/mol. The van der Waals surface area contributed by atoms with Crippen molar-refractivity contribution in [3.05, 3.63) is 16.3 Å². The molecule has 1 saturated heterocycles. The zero-order valence-corrected chi connectivity index (χ0v) is 10.3. The van der Waals surface area contributed by atoms with Crippen molar-refractivity contribution < 1.29 is 14.3 Å². The van der Waals surface area contributed by atoms with E-state index in [1.807, 2.05) is 0 Å². The van der Waals surface area contributed by atoms with Gasteiger partial charge in [-0.3, -0.25) is 4.79 Å². The van der Waals surface area contributed by atoms with Crippen LogP contribution in [0.1, 0.15) is 22.5 Å². The minimum Gasteiger partial charge on any atom is -0.465 e. The predicted octanol–water partition coefficient (Wildman–Crippen LogP) is 1.23. The lowest BCUT2D eigenvalue weighted by atomic mass is 10.2. The van der Waals surface area contributed by atoms with Crippen LogP contribution in [0.15, 0.2) is 11.4 Å². The Kier molecular flexibility index (Phi) is 3.75. The van der Waals surface area contributed by atoms with Crippen molar-refractivity contribution in [1.29, 1.82) is 0 Å². The molecule has 0 bridgehead atoms. The number of anilines is 1. The second-order valence-electron chi connectivity index (χ2n) is 3.79. The van der Waals surface area contributed by atoms with Crippen molar-refractivity contribution in [2.45, 2.75) is 18.9 Å². The average Bonchev–Trinajstić information content (AvgIpc) is 2.98. The van der Waals surface area contributed by atoms with E-state index in [1.165, 1.54) is 18.4 Å². The smallest absolute Gasteiger partial charge is 0.350 e. The summed E-state index contributed by atoms with van der Waals surface area (Å²) >= 11 is 1.26. The highest BCUT2D eigenvalue weighted by molar-refractivity contribution is 7.12. The van der Waals surface area contributed by atoms with Crippen LogP contribution in [0.5, 0.6) is 0 Å². The molecule has 1 amide bonds. The summed E-state index contributed by atoms with van der Waals surface area (Å²) in [5.74, 6) is -0.513. The molecule has 0 saturated carbocycles. The van der Waals surface area contributed by atoms with E-state index in [4.69, 9.17) is 0 Å². The molecule has 2 rings (SSSR count). The molecule has 0 radical (unpaired) electrons. The molecule has 0 aliphatic carbocycles. The van der Waals surface area contributed by atoms with Crippen LogP contribution in [0.3, 0.4) is 0 Å². The fourth-order valence-electron chi connectivity index (χ4n) is 1.79. The van der Waals surface area contributed by atoms with Gasteiger partial charge in [0.15, 0.2) is 0 Å². The second-order valence-corrected chi connectivity index (χ2v) is 4.71. The topological polar surface area (TPSA) is 67.4 Å². The van der Waals surface area contributed by atoms with Gasteiger partial charge in [-0.1, -0.05) is 0 Å². The van der Waals surface area contributed by atoms with Crippen LogP contribution in [-0.4, -0.2) is 31.6 Å². The SMILES string of the molecule is COC(=O)c1sccc1NC(=O)[C@@H]1CCCN1. The van der Waals surface area contributed by atoms with E-state index in [9.17, 15) is 9.59 Å². The van der Waals surface area contributed by atoms with Gasteiger partial charge in [0.25, 0.3) is 0 Å². The van der Waals surface area contributed by atoms with Gasteiger partial charge >= 0.3 is 5.97 Å². The van der Waals surface area contributed by atoms with Crippen LogP contribution < -0.4 is 10.6 Å². The van der Waals surface area contributed by atoms with Crippen LogP contribution in [0.25, 0.3) is 0 Å². The normalized spacial score (nSPS) is 19.0. The zero-order valence-electron chi connectivity index (χ0n) is 9.49. The lowest BCUT2D eigenvalue weighted by molar-refractivity contribution is -0.117. The van der Waals surface area contributed by atoms with Gasteiger partial charge in [0.05, 0.1) is 18.8 Å².